The van der Waals surface area contributed by atoms with Crippen molar-refractivity contribution in [2.75, 3.05) is 19.7 Å². The number of unbranched alkanes of at least 4 members (excludes halogenated alkanes) is 6. The summed E-state index contributed by atoms with van der Waals surface area (Å²) in [6.07, 6.45) is 2.34. The van der Waals surface area contributed by atoms with Gasteiger partial charge in [0.25, 0.3) is 0 Å². The number of carbonyl (C=O) groups excluding carboxylic acids is 5. The maximum Gasteiger partial charge on any atom is 0.437 e. The highest BCUT2D eigenvalue weighted by Gasteiger charge is 2.35. The molecule has 0 aliphatic carbocycles. The van der Waals surface area contributed by atoms with Gasteiger partial charge < -0.3 is 33.8 Å². The molecule has 1 aromatic heterocycles. The average molecular weight is 904 g/mol. The second-order valence-corrected chi connectivity index (χ2v) is 20.3. The fourth-order valence-corrected chi connectivity index (χ4v) is 5.28. The number of guanidine groups is 1. The number of amidine groups is 1. The van der Waals surface area contributed by atoms with E-state index in [0.717, 1.165) is 24.2 Å². The molecule has 0 atom stereocenters. The summed E-state index contributed by atoms with van der Waals surface area (Å²) < 4.78 is 33.6. The largest absolute Gasteiger partial charge is 0.478 e. The Balaban J connectivity index is 3.30. The summed E-state index contributed by atoms with van der Waals surface area (Å²) in [5, 5.41) is 10.4. The Bertz CT molecular complexity index is 1760. The standard InChI is InChI=1S/C46H77N7O11/c1-32(47)33-26-27-35(48-31-33)59-30-24-23-29-53(41(58)64-46(14,15)16)36(51-39(56)62-44(8,9)10)52(40(57)63-45(11,12)13)28-22-20-18-17-19-21-25-34(49-37(54)60-42(2,3)4)50-38(55)61-43(5,6)7/h26-27,31,47H,17-25,28-30H2,1-16H3,(H,49,50,54,55). The number of ether oxygens (including phenoxy) is 6. The number of pyridine rings is 1. The number of hydrogen-bond acceptors (Lipinski definition) is 13. The molecule has 0 aliphatic heterocycles. The highest BCUT2D eigenvalue weighted by Crippen LogP contribution is 2.20. The summed E-state index contributed by atoms with van der Waals surface area (Å²) in [5.41, 5.74) is -3.27. The van der Waals surface area contributed by atoms with Crippen LogP contribution in [-0.2, 0) is 23.7 Å². The van der Waals surface area contributed by atoms with Crippen LogP contribution in [0.2, 0.25) is 0 Å². The predicted molar refractivity (Wildman–Crippen MR) is 246 cm³/mol. The van der Waals surface area contributed by atoms with Gasteiger partial charge in [-0.05, 0) is 143 Å². The Morgan fingerprint density at radius 3 is 1.47 bits per heavy atom. The number of nitrogens with zero attached hydrogens (tertiary/aromatic N) is 5. The molecule has 1 rings (SSSR count). The Morgan fingerprint density at radius 2 is 1.03 bits per heavy atom. The molecular formula is C46H77N7O11. The maximum absolute atomic E-state index is 14.0. The van der Waals surface area contributed by atoms with Crippen LogP contribution in [0.5, 0.6) is 5.88 Å². The minimum absolute atomic E-state index is 0.0133. The van der Waals surface area contributed by atoms with E-state index in [1.807, 2.05) is 0 Å². The van der Waals surface area contributed by atoms with Crippen molar-refractivity contribution in [1.82, 2.24) is 20.1 Å². The van der Waals surface area contributed by atoms with Crippen LogP contribution in [0.1, 0.15) is 174 Å². The number of hydrogen-bond donors (Lipinski definition) is 2. The fraction of sp³-hybridized carbons (Fsp3) is 0.717. The molecule has 0 unspecified atom stereocenters. The summed E-state index contributed by atoms with van der Waals surface area (Å²) in [7, 11) is 0. The third-order valence-corrected chi connectivity index (χ3v) is 7.80. The van der Waals surface area contributed by atoms with Crippen LogP contribution in [0.25, 0.3) is 0 Å². The van der Waals surface area contributed by atoms with E-state index in [9.17, 15) is 24.0 Å². The Labute approximate surface area is 381 Å². The summed E-state index contributed by atoms with van der Waals surface area (Å²) in [6, 6.07) is 3.42. The first-order valence-corrected chi connectivity index (χ1v) is 22.0. The lowest BCUT2D eigenvalue weighted by Crippen LogP contribution is -2.53. The smallest absolute Gasteiger partial charge is 0.437 e. The molecule has 1 heterocycles. The minimum Gasteiger partial charge on any atom is -0.478 e. The van der Waals surface area contributed by atoms with Crippen molar-refractivity contribution >= 4 is 48.0 Å². The van der Waals surface area contributed by atoms with Gasteiger partial charge >= 0.3 is 30.5 Å². The van der Waals surface area contributed by atoms with Crippen LogP contribution in [0, 0.1) is 5.41 Å². The summed E-state index contributed by atoms with van der Waals surface area (Å²) >= 11 is 0. The quantitative estimate of drug-likeness (QED) is 0.0684. The van der Waals surface area contributed by atoms with E-state index < -0.39 is 58.5 Å². The number of aliphatic imine (C=N–C) groups is 2. The number of amides is 5. The molecular weight excluding hydrogens is 827 g/mol. The molecule has 362 valence electrons. The molecule has 0 saturated carbocycles. The summed E-state index contributed by atoms with van der Waals surface area (Å²) in [5.74, 6) is 0.216. The van der Waals surface area contributed by atoms with Gasteiger partial charge in [0.2, 0.25) is 11.8 Å². The second kappa shape index (κ2) is 25.3. The Kier molecular flexibility index (Phi) is 22.4. The van der Waals surface area contributed by atoms with Crippen molar-refractivity contribution in [3.8, 4) is 5.88 Å². The zero-order valence-corrected chi connectivity index (χ0v) is 41.4. The summed E-state index contributed by atoms with van der Waals surface area (Å²) in [6.45, 7) is 27.6. The van der Waals surface area contributed by atoms with Crippen LogP contribution >= 0.6 is 0 Å². The molecule has 0 bridgehead atoms. The van der Waals surface area contributed by atoms with Gasteiger partial charge in [0.1, 0.15) is 33.8 Å². The average Bonchev–Trinajstić information content (AvgIpc) is 3.08. The first-order chi connectivity index (χ1) is 29.2. The molecule has 2 N–H and O–H groups in total. The lowest BCUT2D eigenvalue weighted by atomic mass is 10.1. The van der Waals surface area contributed by atoms with Gasteiger partial charge in [-0.15, -0.1) is 4.99 Å². The molecule has 18 heteroatoms. The van der Waals surface area contributed by atoms with Crippen LogP contribution in [0.3, 0.4) is 0 Å². The maximum atomic E-state index is 14.0. The number of rotatable bonds is 16. The molecule has 0 fully saturated rings. The normalized spacial score (nSPS) is 12.8. The number of carbonyl (C=O) groups is 5. The fourth-order valence-electron chi connectivity index (χ4n) is 5.28. The molecule has 64 heavy (non-hydrogen) atoms. The minimum atomic E-state index is -1.02. The van der Waals surface area contributed by atoms with Crippen molar-refractivity contribution < 1.29 is 52.4 Å². The number of aromatic nitrogens is 1. The lowest BCUT2D eigenvalue weighted by molar-refractivity contribution is 0.0269. The van der Waals surface area contributed by atoms with Crippen LogP contribution in [0.4, 0.5) is 24.0 Å². The van der Waals surface area contributed by atoms with Crippen LogP contribution < -0.4 is 10.1 Å². The summed E-state index contributed by atoms with van der Waals surface area (Å²) in [4.78, 5) is 81.2. The lowest BCUT2D eigenvalue weighted by Gasteiger charge is -2.34. The van der Waals surface area contributed by atoms with E-state index in [1.165, 1.54) is 4.90 Å². The van der Waals surface area contributed by atoms with Gasteiger partial charge in [0.15, 0.2) is 0 Å². The van der Waals surface area contributed by atoms with Crippen LogP contribution in [-0.4, -0.2) is 110 Å². The SMILES string of the molecule is CC(=N)c1ccc(OCCCCN(C(=O)OC(C)(C)C)C(=NC(=O)OC(C)(C)C)N(CCCCCCCCC(=NC(=O)OC(C)(C)C)NC(=O)OC(C)(C)C)C(=O)OC(C)(C)C)nc1. The van der Waals surface area contributed by atoms with E-state index in [0.29, 0.717) is 49.3 Å². The molecule has 1 aromatic rings. The van der Waals surface area contributed by atoms with Gasteiger partial charge in [0, 0.05) is 43.0 Å². The van der Waals surface area contributed by atoms with E-state index >= 15 is 0 Å². The predicted octanol–water partition coefficient (Wildman–Crippen LogP) is 11.0. The molecule has 0 radical (unpaired) electrons. The molecule has 0 saturated heterocycles. The Morgan fingerprint density at radius 1 is 0.594 bits per heavy atom. The van der Waals surface area contributed by atoms with Crippen molar-refractivity contribution in [3.05, 3.63) is 23.9 Å². The van der Waals surface area contributed by atoms with E-state index in [4.69, 9.17) is 33.8 Å². The first kappa shape index (κ1) is 56.7. The topological polar surface area (TPSA) is 221 Å². The second-order valence-electron chi connectivity index (χ2n) is 20.3. The number of nitrogens with one attached hydrogen (secondary N) is 2. The van der Waals surface area contributed by atoms with Crippen molar-refractivity contribution in [1.29, 1.82) is 5.41 Å². The van der Waals surface area contributed by atoms with E-state index in [-0.39, 0.29) is 37.9 Å². The van der Waals surface area contributed by atoms with E-state index in [2.05, 4.69) is 20.3 Å². The highest BCUT2D eigenvalue weighted by atomic mass is 16.6. The van der Waals surface area contributed by atoms with Crippen LogP contribution in [0.15, 0.2) is 28.3 Å². The molecule has 18 nitrogen and oxygen atoms in total. The van der Waals surface area contributed by atoms with Gasteiger partial charge in [-0.2, -0.15) is 4.99 Å². The molecule has 5 amide bonds. The van der Waals surface area contributed by atoms with Gasteiger partial charge in [-0.3, -0.25) is 5.32 Å². The highest BCUT2D eigenvalue weighted by molar-refractivity contribution is 6.05. The van der Waals surface area contributed by atoms with Gasteiger partial charge in [-0.25, -0.2) is 38.8 Å². The number of alkyl carbamates (subject to hydrolysis) is 1. The van der Waals surface area contributed by atoms with Gasteiger partial charge in [-0.1, -0.05) is 25.7 Å². The molecule has 0 spiro atoms. The van der Waals surface area contributed by atoms with Gasteiger partial charge in [0.05, 0.1) is 6.61 Å². The monoisotopic (exact) mass is 904 g/mol. The molecule has 0 aromatic carbocycles. The van der Waals surface area contributed by atoms with Crippen molar-refractivity contribution in [3.63, 3.8) is 0 Å². The van der Waals surface area contributed by atoms with E-state index in [1.54, 1.807) is 129 Å². The zero-order chi connectivity index (χ0) is 49.1. The Hall–Kier alpha value is -5.29. The third kappa shape index (κ3) is 27.0. The third-order valence-electron chi connectivity index (χ3n) is 7.80. The van der Waals surface area contributed by atoms with Crippen molar-refractivity contribution in [2.24, 2.45) is 9.98 Å². The molecule has 0 aliphatic rings. The van der Waals surface area contributed by atoms with Crippen molar-refractivity contribution in [2.45, 2.75) is 197 Å². The first-order valence-electron chi connectivity index (χ1n) is 22.0. The zero-order valence-electron chi connectivity index (χ0n) is 41.4.